The number of esters is 1. The molecule has 5 nitrogen and oxygen atoms in total. The van der Waals surface area contributed by atoms with E-state index < -0.39 is 5.97 Å². The largest absolute Gasteiger partial charge is 0.496 e. The van der Waals surface area contributed by atoms with Crippen LogP contribution in [0.1, 0.15) is 23.2 Å². The normalized spacial score (nSPS) is 15.9. The number of nitrogens with two attached hydrogens (primary N) is 1. The van der Waals surface area contributed by atoms with Crippen molar-refractivity contribution in [2.75, 3.05) is 32.5 Å². The average Bonchev–Trinajstić information content (AvgIpc) is 2.48. The summed E-state index contributed by atoms with van der Waals surface area (Å²) in [5.74, 6) is 0.361. The van der Waals surface area contributed by atoms with Crippen LogP contribution < -0.4 is 15.8 Å². The van der Waals surface area contributed by atoms with Crippen LogP contribution in [0.2, 0.25) is 5.02 Å². The van der Waals surface area contributed by atoms with Crippen molar-refractivity contribution < 1.29 is 14.3 Å². The second kappa shape index (κ2) is 6.81. The molecule has 0 aliphatic carbocycles. The van der Waals surface area contributed by atoms with Gasteiger partial charge >= 0.3 is 5.97 Å². The van der Waals surface area contributed by atoms with Crippen molar-refractivity contribution >= 4 is 23.3 Å². The lowest BCUT2D eigenvalue weighted by molar-refractivity contribution is 0.0412. The number of carbonyl (C=O) groups is 1. The summed E-state index contributed by atoms with van der Waals surface area (Å²) in [6.07, 6.45) is 2.04. The van der Waals surface area contributed by atoms with Crippen LogP contribution in [-0.2, 0) is 4.74 Å². The Bertz CT molecular complexity index is 488. The molecule has 0 amide bonds. The van der Waals surface area contributed by atoms with Crippen molar-refractivity contribution in [1.29, 1.82) is 0 Å². The molecule has 20 heavy (non-hydrogen) atoms. The fourth-order valence-corrected chi connectivity index (χ4v) is 2.38. The summed E-state index contributed by atoms with van der Waals surface area (Å²) in [4.78, 5) is 12.1. The van der Waals surface area contributed by atoms with Crippen molar-refractivity contribution in [2.24, 2.45) is 5.92 Å². The third-order valence-corrected chi connectivity index (χ3v) is 3.77. The van der Waals surface area contributed by atoms with Gasteiger partial charge in [0.25, 0.3) is 0 Å². The first-order chi connectivity index (χ1) is 9.61. The topological polar surface area (TPSA) is 73.6 Å². The first-order valence-corrected chi connectivity index (χ1v) is 7.00. The highest BCUT2D eigenvalue weighted by Gasteiger charge is 2.19. The molecule has 2 rings (SSSR count). The Hall–Kier alpha value is -1.46. The molecule has 0 atom stereocenters. The lowest BCUT2D eigenvalue weighted by Crippen LogP contribution is -2.30. The number of benzene rings is 1. The van der Waals surface area contributed by atoms with E-state index in [0.717, 1.165) is 25.9 Å². The molecule has 0 spiro atoms. The van der Waals surface area contributed by atoms with Crippen LogP contribution in [0, 0.1) is 5.92 Å². The quantitative estimate of drug-likeness (QED) is 0.658. The summed E-state index contributed by atoms with van der Waals surface area (Å²) in [6, 6.07) is 3.02. The molecular formula is C14H19ClN2O3. The summed E-state index contributed by atoms with van der Waals surface area (Å²) >= 11 is 5.94. The van der Waals surface area contributed by atoms with Gasteiger partial charge in [-0.1, -0.05) is 11.6 Å². The lowest BCUT2D eigenvalue weighted by atomic mass is 9.99. The fraction of sp³-hybridized carbons (Fsp3) is 0.500. The third kappa shape index (κ3) is 3.55. The number of hydrogen-bond donors (Lipinski definition) is 2. The van der Waals surface area contributed by atoms with E-state index in [0.29, 0.717) is 34.5 Å². The molecule has 1 aliphatic heterocycles. The van der Waals surface area contributed by atoms with Crippen molar-refractivity contribution in [3.8, 4) is 5.75 Å². The van der Waals surface area contributed by atoms with Crippen LogP contribution in [0.15, 0.2) is 12.1 Å². The minimum Gasteiger partial charge on any atom is -0.496 e. The molecule has 1 aliphatic rings. The average molecular weight is 299 g/mol. The van der Waals surface area contributed by atoms with Crippen LogP contribution in [0.3, 0.4) is 0 Å². The minimum atomic E-state index is -0.428. The van der Waals surface area contributed by atoms with Crippen molar-refractivity contribution in [1.82, 2.24) is 5.32 Å². The predicted octanol–water partition coefficient (Wildman–Crippen LogP) is 2.09. The Morgan fingerprint density at radius 1 is 1.45 bits per heavy atom. The van der Waals surface area contributed by atoms with Crippen LogP contribution in [0.4, 0.5) is 5.69 Å². The highest BCUT2D eigenvalue weighted by molar-refractivity contribution is 6.33. The van der Waals surface area contributed by atoms with E-state index >= 15 is 0 Å². The number of nitrogens with one attached hydrogen (secondary N) is 1. The number of hydrogen-bond acceptors (Lipinski definition) is 5. The van der Waals surface area contributed by atoms with Gasteiger partial charge in [-0.25, -0.2) is 4.79 Å². The van der Waals surface area contributed by atoms with E-state index in [1.807, 2.05) is 0 Å². The first kappa shape index (κ1) is 14.9. The number of halogens is 1. The Morgan fingerprint density at radius 2 is 2.15 bits per heavy atom. The van der Waals surface area contributed by atoms with Crippen LogP contribution >= 0.6 is 11.6 Å². The SMILES string of the molecule is COc1cc(N)c(Cl)cc1C(=O)OCC1CCNCC1. The molecule has 1 fully saturated rings. The second-order valence-corrected chi connectivity index (χ2v) is 5.27. The highest BCUT2D eigenvalue weighted by Crippen LogP contribution is 2.29. The van der Waals surface area contributed by atoms with Gasteiger partial charge in [0.15, 0.2) is 0 Å². The van der Waals surface area contributed by atoms with Crippen molar-refractivity contribution in [2.45, 2.75) is 12.8 Å². The molecule has 3 N–H and O–H groups in total. The zero-order valence-electron chi connectivity index (χ0n) is 11.4. The molecule has 0 radical (unpaired) electrons. The summed E-state index contributed by atoms with van der Waals surface area (Å²) in [6.45, 7) is 2.37. The summed E-state index contributed by atoms with van der Waals surface area (Å²) < 4.78 is 10.5. The number of nitrogen functional groups attached to an aromatic ring is 1. The van der Waals surface area contributed by atoms with Gasteiger partial charge in [0.05, 0.1) is 24.4 Å². The van der Waals surface area contributed by atoms with E-state index in [1.165, 1.54) is 19.2 Å². The monoisotopic (exact) mass is 298 g/mol. The smallest absolute Gasteiger partial charge is 0.341 e. The van der Waals surface area contributed by atoms with Crippen molar-refractivity contribution in [3.63, 3.8) is 0 Å². The van der Waals surface area contributed by atoms with E-state index in [4.69, 9.17) is 26.8 Å². The van der Waals surface area contributed by atoms with E-state index in [9.17, 15) is 4.79 Å². The molecule has 0 unspecified atom stereocenters. The summed E-state index contributed by atoms with van der Waals surface area (Å²) in [7, 11) is 1.48. The predicted molar refractivity (Wildman–Crippen MR) is 78.3 cm³/mol. The Labute approximate surface area is 123 Å². The second-order valence-electron chi connectivity index (χ2n) is 4.87. The zero-order chi connectivity index (χ0) is 14.5. The molecule has 1 heterocycles. The van der Waals surface area contributed by atoms with Gasteiger partial charge in [0, 0.05) is 6.07 Å². The number of methoxy groups -OCH3 is 1. The van der Waals surface area contributed by atoms with Crippen LogP contribution in [-0.4, -0.2) is 32.8 Å². The van der Waals surface area contributed by atoms with E-state index in [-0.39, 0.29) is 0 Å². The molecule has 0 saturated carbocycles. The Morgan fingerprint density at radius 3 is 2.80 bits per heavy atom. The Balaban J connectivity index is 2.02. The van der Waals surface area contributed by atoms with E-state index in [1.54, 1.807) is 0 Å². The summed E-state index contributed by atoms with van der Waals surface area (Å²) in [5, 5.41) is 3.59. The molecule has 0 bridgehead atoms. The van der Waals surface area contributed by atoms with Crippen molar-refractivity contribution in [3.05, 3.63) is 22.7 Å². The number of anilines is 1. The van der Waals surface area contributed by atoms with E-state index in [2.05, 4.69) is 5.32 Å². The van der Waals surface area contributed by atoms with Gasteiger partial charge in [-0.15, -0.1) is 0 Å². The molecule has 1 aromatic rings. The molecular weight excluding hydrogens is 280 g/mol. The number of piperidine rings is 1. The maximum absolute atomic E-state index is 12.1. The number of carbonyl (C=O) groups excluding carboxylic acids is 1. The maximum atomic E-state index is 12.1. The van der Waals surface area contributed by atoms with Gasteiger partial charge in [-0.3, -0.25) is 0 Å². The summed E-state index contributed by atoms with van der Waals surface area (Å²) in [5.41, 5.74) is 6.36. The maximum Gasteiger partial charge on any atom is 0.341 e. The Kier molecular flexibility index (Phi) is 5.09. The molecule has 110 valence electrons. The minimum absolute atomic E-state index is 0.306. The van der Waals surface area contributed by atoms with Gasteiger partial charge in [0.1, 0.15) is 11.3 Å². The number of ether oxygens (including phenoxy) is 2. The number of rotatable bonds is 4. The van der Waals surface area contributed by atoms with Crippen LogP contribution in [0.25, 0.3) is 0 Å². The highest BCUT2D eigenvalue weighted by atomic mass is 35.5. The molecule has 1 aromatic carbocycles. The van der Waals surface area contributed by atoms with Gasteiger partial charge in [-0.2, -0.15) is 0 Å². The molecule has 0 aromatic heterocycles. The molecule has 6 heteroatoms. The lowest BCUT2D eigenvalue weighted by Gasteiger charge is -2.22. The van der Waals surface area contributed by atoms with Gasteiger partial charge < -0.3 is 20.5 Å². The van der Waals surface area contributed by atoms with Gasteiger partial charge in [-0.05, 0) is 37.9 Å². The fourth-order valence-electron chi connectivity index (χ4n) is 2.22. The standard InChI is InChI=1S/C14H19ClN2O3/c1-19-13-7-12(16)11(15)6-10(13)14(18)20-8-9-2-4-17-5-3-9/h6-7,9,17H,2-5,8,16H2,1H3. The first-order valence-electron chi connectivity index (χ1n) is 6.62. The van der Waals surface area contributed by atoms with Gasteiger partial charge in [0.2, 0.25) is 0 Å². The molecule has 1 saturated heterocycles. The third-order valence-electron chi connectivity index (χ3n) is 3.45. The van der Waals surface area contributed by atoms with Crippen LogP contribution in [0.5, 0.6) is 5.75 Å². The zero-order valence-corrected chi connectivity index (χ0v) is 12.2.